The van der Waals surface area contributed by atoms with Crippen molar-refractivity contribution < 1.29 is 4.74 Å². The van der Waals surface area contributed by atoms with Crippen LogP contribution in [-0.2, 0) is 0 Å². The summed E-state index contributed by atoms with van der Waals surface area (Å²) in [6.07, 6.45) is 0. The molecule has 15 heavy (non-hydrogen) atoms. The van der Waals surface area contributed by atoms with E-state index in [4.69, 9.17) is 10.5 Å². The molecule has 0 fully saturated rings. The molecule has 2 aromatic rings. The highest BCUT2D eigenvalue weighted by Crippen LogP contribution is 2.32. The number of nitrogen functional groups attached to an aromatic ring is 1. The molecule has 0 aliphatic rings. The number of rotatable bonds is 2. The monoisotopic (exact) mass is 220 g/mol. The summed E-state index contributed by atoms with van der Waals surface area (Å²) in [5.74, 6) is 1.48. The average Bonchev–Trinajstić information content (AvgIpc) is 2.64. The van der Waals surface area contributed by atoms with Crippen LogP contribution in [0.3, 0.4) is 0 Å². The zero-order chi connectivity index (χ0) is 10.8. The Morgan fingerprint density at radius 1 is 1.40 bits per heavy atom. The molecule has 0 atom stereocenters. The van der Waals surface area contributed by atoms with Crippen molar-refractivity contribution in [1.29, 1.82) is 0 Å². The first-order chi connectivity index (χ1) is 7.22. The number of methoxy groups -OCH3 is 1. The summed E-state index contributed by atoms with van der Waals surface area (Å²) in [4.78, 5) is 5.04. The van der Waals surface area contributed by atoms with Crippen molar-refractivity contribution in [2.75, 3.05) is 12.8 Å². The highest BCUT2D eigenvalue weighted by molar-refractivity contribution is 7.13. The Morgan fingerprint density at radius 2 is 2.20 bits per heavy atom. The Balaban J connectivity index is 2.47. The van der Waals surface area contributed by atoms with Gasteiger partial charge in [-0.2, -0.15) is 0 Å². The van der Waals surface area contributed by atoms with Gasteiger partial charge in [-0.15, -0.1) is 11.3 Å². The SMILES string of the molecule is COc1ccc(-c2scnc2N)cc1C. The number of aromatic nitrogens is 1. The lowest BCUT2D eigenvalue weighted by Gasteiger charge is -2.06. The number of hydrogen-bond donors (Lipinski definition) is 1. The molecular weight excluding hydrogens is 208 g/mol. The third-order valence-corrected chi connectivity index (χ3v) is 3.14. The van der Waals surface area contributed by atoms with Crippen molar-refractivity contribution in [1.82, 2.24) is 4.98 Å². The normalized spacial score (nSPS) is 10.3. The minimum absolute atomic E-state index is 0.588. The minimum atomic E-state index is 0.588. The molecule has 4 heteroatoms. The second-order valence-electron chi connectivity index (χ2n) is 3.25. The van der Waals surface area contributed by atoms with Gasteiger partial charge in [0.15, 0.2) is 0 Å². The van der Waals surface area contributed by atoms with Crippen molar-refractivity contribution in [3.05, 3.63) is 29.3 Å². The summed E-state index contributed by atoms with van der Waals surface area (Å²) >= 11 is 1.55. The summed E-state index contributed by atoms with van der Waals surface area (Å²) in [7, 11) is 1.67. The number of hydrogen-bond acceptors (Lipinski definition) is 4. The Hall–Kier alpha value is -1.55. The maximum Gasteiger partial charge on any atom is 0.142 e. The molecule has 0 radical (unpaired) electrons. The molecule has 0 spiro atoms. The first-order valence-corrected chi connectivity index (χ1v) is 5.44. The Bertz CT molecular complexity index is 479. The van der Waals surface area contributed by atoms with Gasteiger partial charge in [0.25, 0.3) is 0 Å². The van der Waals surface area contributed by atoms with Crippen molar-refractivity contribution in [3.63, 3.8) is 0 Å². The molecule has 0 saturated heterocycles. The van der Waals surface area contributed by atoms with E-state index in [1.54, 1.807) is 24.0 Å². The number of nitrogens with zero attached hydrogens (tertiary/aromatic N) is 1. The molecule has 1 heterocycles. The molecule has 78 valence electrons. The smallest absolute Gasteiger partial charge is 0.142 e. The van der Waals surface area contributed by atoms with Crippen LogP contribution in [0.5, 0.6) is 5.75 Å². The lowest BCUT2D eigenvalue weighted by Crippen LogP contribution is -1.89. The molecule has 1 aromatic carbocycles. The van der Waals surface area contributed by atoms with E-state index in [1.807, 2.05) is 19.1 Å². The highest BCUT2D eigenvalue weighted by Gasteiger charge is 2.07. The largest absolute Gasteiger partial charge is 0.496 e. The van der Waals surface area contributed by atoms with Crippen LogP contribution in [0.25, 0.3) is 10.4 Å². The van der Waals surface area contributed by atoms with Crippen LogP contribution >= 0.6 is 11.3 Å². The molecule has 3 nitrogen and oxygen atoms in total. The van der Waals surface area contributed by atoms with E-state index in [0.29, 0.717) is 5.82 Å². The van der Waals surface area contributed by atoms with E-state index < -0.39 is 0 Å². The molecule has 0 aliphatic heterocycles. The topological polar surface area (TPSA) is 48.1 Å². The number of anilines is 1. The van der Waals surface area contributed by atoms with Gasteiger partial charge in [0.1, 0.15) is 11.6 Å². The summed E-state index contributed by atoms with van der Waals surface area (Å²) in [5.41, 5.74) is 9.71. The van der Waals surface area contributed by atoms with E-state index in [1.165, 1.54) is 0 Å². The van der Waals surface area contributed by atoms with E-state index in [9.17, 15) is 0 Å². The van der Waals surface area contributed by atoms with E-state index >= 15 is 0 Å². The van der Waals surface area contributed by atoms with Gasteiger partial charge in [-0.25, -0.2) is 4.98 Å². The van der Waals surface area contributed by atoms with Crippen molar-refractivity contribution in [3.8, 4) is 16.2 Å². The predicted octanol–water partition coefficient (Wildman–Crippen LogP) is 2.71. The minimum Gasteiger partial charge on any atom is -0.496 e. The lowest BCUT2D eigenvalue weighted by atomic mass is 10.1. The Labute approximate surface area is 92.5 Å². The molecule has 0 aliphatic carbocycles. The van der Waals surface area contributed by atoms with Crippen LogP contribution in [0.4, 0.5) is 5.82 Å². The molecule has 0 unspecified atom stereocenters. The fraction of sp³-hybridized carbons (Fsp3) is 0.182. The zero-order valence-corrected chi connectivity index (χ0v) is 9.47. The van der Waals surface area contributed by atoms with Gasteiger partial charge in [0, 0.05) is 0 Å². The van der Waals surface area contributed by atoms with Crippen LogP contribution in [0, 0.1) is 6.92 Å². The molecule has 1 aromatic heterocycles. The summed E-state index contributed by atoms with van der Waals surface area (Å²) < 4.78 is 5.20. The van der Waals surface area contributed by atoms with Crippen LogP contribution in [-0.4, -0.2) is 12.1 Å². The van der Waals surface area contributed by atoms with E-state index in [2.05, 4.69) is 11.1 Å². The van der Waals surface area contributed by atoms with Gasteiger partial charge >= 0.3 is 0 Å². The van der Waals surface area contributed by atoms with Gasteiger partial charge in [-0.05, 0) is 36.2 Å². The maximum absolute atomic E-state index is 5.76. The van der Waals surface area contributed by atoms with Gasteiger partial charge in [-0.1, -0.05) is 0 Å². The molecule has 2 N–H and O–H groups in total. The van der Waals surface area contributed by atoms with Gasteiger partial charge in [0.05, 0.1) is 17.5 Å². The van der Waals surface area contributed by atoms with E-state index in [0.717, 1.165) is 21.8 Å². The zero-order valence-electron chi connectivity index (χ0n) is 8.65. The van der Waals surface area contributed by atoms with Crippen LogP contribution in [0.15, 0.2) is 23.7 Å². The first-order valence-electron chi connectivity index (χ1n) is 4.56. The lowest BCUT2D eigenvalue weighted by molar-refractivity contribution is 0.412. The number of ether oxygens (including phenoxy) is 1. The third-order valence-electron chi connectivity index (χ3n) is 2.25. The highest BCUT2D eigenvalue weighted by atomic mass is 32.1. The molecule has 0 saturated carbocycles. The molecule has 2 rings (SSSR count). The van der Waals surface area contributed by atoms with Gasteiger partial charge < -0.3 is 10.5 Å². The number of aryl methyl sites for hydroxylation is 1. The van der Waals surface area contributed by atoms with Crippen LogP contribution < -0.4 is 10.5 Å². The second-order valence-corrected chi connectivity index (χ2v) is 4.11. The fourth-order valence-corrected chi connectivity index (χ4v) is 2.20. The predicted molar refractivity (Wildman–Crippen MR) is 63.3 cm³/mol. The van der Waals surface area contributed by atoms with E-state index in [-0.39, 0.29) is 0 Å². The average molecular weight is 220 g/mol. The summed E-state index contributed by atoms with van der Waals surface area (Å²) in [6, 6.07) is 6.00. The van der Waals surface area contributed by atoms with Crippen molar-refractivity contribution in [2.24, 2.45) is 0 Å². The van der Waals surface area contributed by atoms with Crippen molar-refractivity contribution >= 4 is 17.2 Å². The van der Waals surface area contributed by atoms with Crippen LogP contribution in [0.1, 0.15) is 5.56 Å². The number of benzene rings is 1. The number of thiazole rings is 1. The number of nitrogens with two attached hydrogens (primary N) is 1. The second kappa shape index (κ2) is 3.90. The summed E-state index contributed by atoms with van der Waals surface area (Å²) in [5, 5.41) is 0. The molecular formula is C11H12N2OS. The van der Waals surface area contributed by atoms with Gasteiger partial charge in [0.2, 0.25) is 0 Å². The fourth-order valence-electron chi connectivity index (χ4n) is 1.49. The quantitative estimate of drug-likeness (QED) is 0.846. The standard InChI is InChI=1S/C11H12N2OS/c1-7-5-8(3-4-9(7)14-2)10-11(12)13-6-15-10/h3-6H,12H2,1-2H3. The Kier molecular flexibility index (Phi) is 2.60. The van der Waals surface area contributed by atoms with Gasteiger partial charge in [-0.3, -0.25) is 0 Å². The van der Waals surface area contributed by atoms with Crippen LogP contribution in [0.2, 0.25) is 0 Å². The maximum atomic E-state index is 5.76. The Morgan fingerprint density at radius 3 is 2.73 bits per heavy atom. The third kappa shape index (κ3) is 1.80. The first kappa shape index (κ1) is 9.98. The summed E-state index contributed by atoms with van der Waals surface area (Å²) in [6.45, 7) is 2.01. The molecule has 0 bridgehead atoms. The molecule has 0 amide bonds. The van der Waals surface area contributed by atoms with Crippen molar-refractivity contribution in [2.45, 2.75) is 6.92 Å².